The Bertz CT molecular complexity index is 1300. The molecule has 33 heavy (non-hydrogen) atoms. The van der Waals surface area contributed by atoms with E-state index in [1.807, 2.05) is 0 Å². The van der Waals surface area contributed by atoms with Gasteiger partial charge in [0.2, 0.25) is 11.7 Å². The molecule has 166 valence electrons. The summed E-state index contributed by atoms with van der Waals surface area (Å²) in [6.07, 6.45) is 8.55. The second-order valence-electron chi connectivity index (χ2n) is 8.38. The van der Waals surface area contributed by atoms with E-state index in [1.165, 1.54) is 12.5 Å². The van der Waals surface area contributed by atoms with Crippen LogP contribution in [0.4, 0.5) is 11.6 Å². The fourth-order valence-electron chi connectivity index (χ4n) is 4.63. The number of para-hydroxylation sites is 1. The van der Waals surface area contributed by atoms with Crippen molar-refractivity contribution in [2.24, 2.45) is 0 Å². The summed E-state index contributed by atoms with van der Waals surface area (Å²) in [5, 5.41) is 14.8. The van der Waals surface area contributed by atoms with Crippen molar-refractivity contribution in [2.45, 2.75) is 38.1 Å². The van der Waals surface area contributed by atoms with Crippen molar-refractivity contribution >= 4 is 35.3 Å². The minimum atomic E-state index is -0.448. The summed E-state index contributed by atoms with van der Waals surface area (Å²) in [6.45, 7) is 0. The largest absolute Gasteiger partial charge is 0.436 e. The van der Waals surface area contributed by atoms with Gasteiger partial charge in [0.25, 0.3) is 5.69 Å². The highest BCUT2D eigenvalue weighted by Crippen LogP contribution is 2.38. The molecule has 3 aromatic rings. The topological polar surface area (TPSA) is 102 Å². The van der Waals surface area contributed by atoms with Crippen molar-refractivity contribution in [1.82, 2.24) is 0 Å². The molecule has 0 atom stereocenters. The zero-order valence-electron chi connectivity index (χ0n) is 17.9. The summed E-state index contributed by atoms with van der Waals surface area (Å²) in [4.78, 5) is 37.5. The lowest BCUT2D eigenvalue weighted by Crippen LogP contribution is -2.22. The van der Waals surface area contributed by atoms with E-state index >= 15 is 0 Å². The lowest BCUT2D eigenvalue weighted by atomic mass is 9.86. The third kappa shape index (κ3) is 3.75. The number of anilines is 1. The quantitative estimate of drug-likeness (QED) is 0.306. The molecule has 1 heterocycles. The van der Waals surface area contributed by atoms with Gasteiger partial charge in [-0.3, -0.25) is 19.7 Å². The first-order valence-corrected chi connectivity index (χ1v) is 11.1. The second-order valence-corrected chi connectivity index (χ2v) is 8.38. The number of hydrogen-bond acceptors (Lipinski definition) is 6. The molecule has 7 nitrogen and oxygen atoms in total. The number of carbonyl (C=O) groups excluding carboxylic acids is 2. The van der Waals surface area contributed by atoms with Crippen molar-refractivity contribution < 1.29 is 18.9 Å². The van der Waals surface area contributed by atoms with Gasteiger partial charge in [-0.05, 0) is 31.1 Å². The Balaban J connectivity index is 1.62. The number of nitrogens with zero attached hydrogens (tertiary/aromatic N) is 1. The zero-order chi connectivity index (χ0) is 22.9. The number of nitro benzene ring substituents is 1. The molecule has 0 aliphatic heterocycles. The maximum absolute atomic E-state index is 13.4. The van der Waals surface area contributed by atoms with Gasteiger partial charge in [0.05, 0.1) is 16.1 Å². The molecule has 2 aliphatic carbocycles. The molecule has 1 saturated carbocycles. The van der Waals surface area contributed by atoms with Gasteiger partial charge in [-0.1, -0.05) is 55.7 Å². The molecule has 0 radical (unpaired) electrons. The maximum Gasteiger partial charge on any atom is 0.276 e. The van der Waals surface area contributed by atoms with E-state index in [0.717, 1.165) is 25.7 Å². The average Bonchev–Trinajstić information content (AvgIpc) is 3.20. The van der Waals surface area contributed by atoms with Crippen molar-refractivity contribution in [3.8, 4) is 0 Å². The summed E-state index contributed by atoms with van der Waals surface area (Å²) in [5.74, 6) is -0.254. The smallest absolute Gasteiger partial charge is 0.276 e. The van der Waals surface area contributed by atoms with Crippen LogP contribution >= 0.6 is 0 Å². The van der Waals surface area contributed by atoms with Crippen LogP contribution in [0.1, 0.15) is 75.3 Å². The number of benzene rings is 2. The first-order chi connectivity index (χ1) is 16.0. The minimum absolute atomic E-state index is 0.0132. The summed E-state index contributed by atoms with van der Waals surface area (Å²) >= 11 is 0. The first-order valence-electron chi connectivity index (χ1n) is 11.1. The van der Waals surface area contributed by atoms with Gasteiger partial charge in [0.1, 0.15) is 0 Å². The van der Waals surface area contributed by atoms with Crippen LogP contribution in [0.15, 0.2) is 52.9 Å². The van der Waals surface area contributed by atoms with Crippen molar-refractivity contribution in [2.75, 3.05) is 5.32 Å². The Morgan fingerprint density at radius 2 is 1.58 bits per heavy atom. The van der Waals surface area contributed by atoms with Gasteiger partial charge in [-0.2, -0.15) is 0 Å². The molecule has 2 aromatic carbocycles. The van der Waals surface area contributed by atoms with E-state index in [-0.39, 0.29) is 34.6 Å². The highest BCUT2D eigenvalue weighted by molar-refractivity contribution is 6.29. The summed E-state index contributed by atoms with van der Waals surface area (Å²) in [7, 11) is 0. The van der Waals surface area contributed by atoms with Crippen molar-refractivity contribution in [3.63, 3.8) is 0 Å². The van der Waals surface area contributed by atoms with Crippen LogP contribution in [-0.2, 0) is 0 Å². The Kier molecular flexibility index (Phi) is 5.38. The Labute approximate surface area is 190 Å². The van der Waals surface area contributed by atoms with Crippen molar-refractivity contribution in [3.05, 3.63) is 92.2 Å². The number of rotatable bonds is 5. The van der Waals surface area contributed by atoms with Crippen LogP contribution in [0.25, 0.3) is 12.2 Å². The second kappa shape index (κ2) is 8.50. The molecule has 7 heteroatoms. The number of ketones is 2. The number of carbonyl (C=O) groups is 2. The molecular weight excluding hydrogens is 420 g/mol. The lowest BCUT2D eigenvalue weighted by Gasteiger charge is -2.22. The van der Waals surface area contributed by atoms with Gasteiger partial charge in [-0.15, -0.1) is 0 Å². The predicted molar refractivity (Wildman–Crippen MR) is 125 cm³/mol. The standard InChI is InChI=1S/C26H22N2O5/c29-23-18-11-5-6-12-19(18)24(30)25-22(23)20(26(33-25)27-17-9-2-1-3-10-17)15-14-16-8-4-7-13-21(16)28(31)32/h4-8,11-15,17,27H,1-3,9-10H2/b15-14+. The van der Waals surface area contributed by atoms with Crippen LogP contribution in [0.2, 0.25) is 0 Å². The molecule has 0 spiro atoms. The number of furan rings is 1. The molecule has 1 aromatic heterocycles. The van der Waals surface area contributed by atoms with E-state index in [1.54, 1.807) is 54.6 Å². The van der Waals surface area contributed by atoms with Crippen LogP contribution < -0.4 is 5.32 Å². The van der Waals surface area contributed by atoms with Crippen LogP contribution in [0.5, 0.6) is 0 Å². The Hall–Kier alpha value is -4.00. The first kappa shape index (κ1) is 20.9. The third-order valence-electron chi connectivity index (χ3n) is 6.30. The number of nitrogens with one attached hydrogen (secondary N) is 1. The van der Waals surface area contributed by atoms with Gasteiger partial charge in [-0.25, -0.2) is 0 Å². The zero-order valence-corrected chi connectivity index (χ0v) is 17.9. The van der Waals surface area contributed by atoms with E-state index in [0.29, 0.717) is 28.1 Å². The van der Waals surface area contributed by atoms with E-state index < -0.39 is 4.92 Å². The molecule has 0 amide bonds. The highest BCUT2D eigenvalue weighted by atomic mass is 16.6. The van der Waals surface area contributed by atoms with E-state index in [4.69, 9.17) is 4.42 Å². The number of hydrogen-bond donors (Lipinski definition) is 1. The van der Waals surface area contributed by atoms with Gasteiger partial charge < -0.3 is 9.73 Å². The van der Waals surface area contributed by atoms with Crippen molar-refractivity contribution in [1.29, 1.82) is 0 Å². The summed E-state index contributed by atoms with van der Waals surface area (Å²) in [6, 6.07) is 13.3. The molecule has 1 fully saturated rings. The lowest BCUT2D eigenvalue weighted by molar-refractivity contribution is -0.385. The third-order valence-corrected chi connectivity index (χ3v) is 6.30. The SMILES string of the molecule is O=C1c2ccccc2C(=O)c2c1oc(NC1CCCCC1)c2/C=C/c1ccccc1[N+](=O)[O-]. The fraction of sp³-hybridized carbons (Fsp3) is 0.231. The Morgan fingerprint density at radius 1 is 0.909 bits per heavy atom. The van der Waals surface area contributed by atoms with E-state index in [9.17, 15) is 19.7 Å². The maximum atomic E-state index is 13.4. The van der Waals surface area contributed by atoms with E-state index in [2.05, 4.69) is 5.32 Å². The molecule has 0 saturated heterocycles. The summed E-state index contributed by atoms with van der Waals surface area (Å²) < 4.78 is 5.98. The molecule has 0 bridgehead atoms. The highest BCUT2D eigenvalue weighted by Gasteiger charge is 2.37. The predicted octanol–water partition coefficient (Wildman–Crippen LogP) is 5.88. The number of nitro groups is 1. The fourth-order valence-corrected chi connectivity index (χ4v) is 4.63. The average molecular weight is 442 g/mol. The molecule has 1 N–H and O–H groups in total. The normalized spacial score (nSPS) is 16.0. The molecule has 2 aliphatic rings. The van der Waals surface area contributed by atoms with Gasteiger partial charge >= 0.3 is 0 Å². The molecular formula is C26H22N2O5. The molecule has 5 rings (SSSR count). The van der Waals surface area contributed by atoms with Gasteiger partial charge in [0.15, 0.2) is 11.5 Å². The van der Waals surface area contributed by atoms with Crippen LogP contribution in [-0.4, -0.2) is 22.5 Å². The minimum Gasteiger partial charge on any atom is -0.436 e. The van der Waals surface area contributed by atoms with Crippen LogP contribution in [0.3, 0.4) is 0 Å². The number of fused-ring (bicyclic) bond motifs is 2. The summed E-state index contributed by atoms with van der Waals surface area (Å²) in [5.41, 5.74) is 1.66. The van der Waals surface area contributed by atoms with Crippen LogP contribution in [0, 0.1) is 10.1 Å². The molecule has 0 unspecified atom stereocenters. The van der Waals surface area contributed by atoms with Gasteiger partial charge in [0, 0.05) is 28.8 Å². The monoisotopic (exact) mass is 442 g/mol. The Morgan fingerprint density at radius 3 is 2.30 bits per heavy atom.